The maximum absolute atomic E-state index is 11.6. The van der Waals surface area contributed by atoms with Crippen molar-refractivity contribution in [3.05, 3.63) is 34.5 Å². The Bertz CT molecular complexity index is 620. The zero-order valence-corrected chi connectivity index (χ0v) is 12.9. The number of methoxy groups -OCH3 is 1. The van der Waals surface area contributed by atoms with Crippen molar-refractivity contribution >= 4 is 28.9 Å². The number of nitrogens with zero attached hydrogens (tertiary/aromatic N) is 1. The SMILES string of the molecule is COc1cc(C)c(Sc2cnc(C)s2)cc1C(C)=O. The van der Waals surface area contributed by atoms with Gasteiger partial charge in [0.05, 0.1) is 28.1 Å². The van der Waals surface area contributed by atoms with Crippen LogP contribution in [-0.4, -0.2) is 17.9 Å². The van der Waals surface area contributed by atoms with E-state index in [9.17, 15) is 4.79 Å². The summed E-state index contributed by atoms with van der Waals surface area (Å²) < 4.78 is 6.38. The maximum atomic E-state index is 11.6. The van der Waals surface area contributed by atoms with Crippen LogP contribution in [0.1, 0.15) is 27.9 Å². The Morgan fingerprint density at radius 2 is 2.11 bits per heavy atom. The van der Waals surface area contributed by atoms with Crippen molar-refractivity contribution in [2.75, 3.05) is 7.11 Å². The molecule has 0 radical (unpaired) electrons. The van der Waals surface area contributed by atoms with Crippen molar-refractivity contribution in [2.45, 2.75) is 29.9 Å². The molecule has 0 atom stereocenters. The molecular weight excluding hydrogens is 278 g/mol. The molecule has 0 aliphatic carbocycles. The first-order valence-electron chi connectivity index (χ1n) is 5.81. The van der Waals surface area contributed by atoms with Gasteiger partial charge in [0.25, 0.3) is 0 Å². The quantitative estimate of drug-likeness (QED) is 0.795. The van der Waals surface area contributed by atoms with Crippen LogP contribution in [0.15, 0.2) is 27.4 Å². The monoisotopic (exact) mass is 293 g/mol. The lowest BCUT2D eigenvalue weighted by molar-refractivity contribution is 0.101. The molecule has 0 aliphatic heterocycles. The number of carbonyl (C=O) groups excluding carboxylic acids is 1. The zero-order valence-electron chi connectivity index (χ0n) is 11.3. The first kappa shape index (κ1) is 14.1. The molecule has 0 N–H and O–H groups in total. The topological polar surface area (TPSA) is 39.2 Å². The summed E-state index contributed by atoms with van der Waals surface area (Å²) in [6.45, 7) is 5.55. The van der Waals surface area contributed by atoms with E-state index in [1.165, 1.54) is 0 Å². The van der Waals surface area contributed by atoms with Gasteiger partial charge in [-0.15, -0.1) is 11.3 Å². The summed E-state index contributed by atoms with van der Waals surface area (Å²) in [5, 5.41) is 1.04. The summed E-state index contributed by atoms with van der Waals surface area (Å²) in [6, 6.07) is 3.81. The fraction of sp³-hybridized carbons (Fsp3) is 0.286. The number of thiazole rings is 1. The molecule has 1 aromatic heterocycles. The number of ketones is 1. The van der Waals surface area contributed by atoms with Crippen molar-refractivity contribution in [3.8, 4) is 5.75 Å². The molecule has 0 unspecified atom stereocenters. The van der Waals surface area contributed by atoms with Gasteiger partial charge in [0, 0.05) is 4.90 Å². The molecule has 3 nitrogen and oxygen atoms in total. The lowest BCUT2D eigenvalue weighted by atomic mass is 10.1. The third-order valence-corrected chi connectivity index (χ3v) is 4.86. The van der Waals surface area contributed by atoms with E-state index in [0.717, 1.165) is 19.7 Å². The summed E-state index contributed by atoms with van der Waals surface area (Å²) in [7, 11) is 1.58. The Kier molecular flexibility index (Phi) is 4.27. The summed E-state index contributed by atoms with van der Waals surface area (Å²) >= 11 is 3.29. The normalized spacial score (nSPS) is 10.5. The van der Waals surface area contributed by atoms with E-state index < -0.39 is 0 Å². The standard InChI is InChI=1S/C14H15NO2S2/c1-8-5-12(17-4)11(9(2)16)6-13(8)19-14-7-15-10(3)18-14/h5-7H,1-4H3. The summed E-state index contributed by atoms with van der Waals surface area (Å²) in [4.78, 5) is 17.0. The molecule has 0 saturated heterocycles. The van der Waals surface area contributed by atoms with E-state index in [4.69, 9.17) is 4.74 Å². The van der Waals surface area contributed by atoms with E-state index in [0.29, 0.717) is 11.3 Å². The molecule has 1 heterocycles. The highest BCUT2D eigenvalue weighted by Gasteiger charge is 2.13. The fourth-order valence-corrected chi connectivity index (χ4v) is 3.73. The largest absolute Gasteiger partial charge is 0.496 e. The first-order chi connectivity index (χ1) is 9.01. The average molecular weight is 293 g/mol. The van der Waals surface area contributed by atoms with E-state index in [2.05, 4.69) is 4.98 Å². The van der Waals surface area contributed by atoms with Crippen LogP contribution in [0.5, 0.6) is 5.75 Å². The van der Waals surface area contributed by atoms with Crippen molar-refractivity contribution in [3.63, 3.8) is 0 Å². The molecule has 0 amide bonds. The number of hydrogen-bond donors (Lipinski definition) is 0. The number of benzene rings is 1. The van der Waals surface area contributed by atoms with Gasteiger partial charge in [-0.05, 0) is 38.5 Å². The van der Waals surface area contributed by atoms with Gasteiger partial charge in [-0.2, -0.15) is 0 Å². The minimum Gasteiger partial charge on any atom is -0.496 e. The Morgan fingerprint density at radius 1 is 1.37 bits per heavy atom. The van der Waals surface area contributed by atoms with Crippen molar-refractivity contribution in [2.24, 2.45) is 0 Å². The van der Waals surface area contributed by atoms with Crippen LogP contribution in [0.4, 0.5) is 0 Å². The lowest BCUT2D eigenvalue weighted by Crippen LogP contribution is -1.99. The van der Waals surface area contributed by atoms with Crippen molar-refractivity contribution in [1.82, 2.24) is 4.98 Å². The summed E-state index contributed by atoms with van der Waals surface area (Å²) in [5.74, 6) is 0.647. The summed E-state index contributed by atoms with van der Waals surface area (Å²) in [6.07, 6.45) is 1.86. The van der Waals surface area contributed by atoms with Gasteiger partial charge in [0.15, 0.2) is 5.78 Å². The van der Waals surface area contributed by atoms with Gasteiger partial charge in [-0.25, -0.2) is 4.98 Å². The zero-order chi connectivity index (χ0) is 14.0. The Morgan fingerprint density at radius 3 is 2.63 bits per heavy atom. The van der Waals surface area contributed by atoms with Crippen LogP contribution in [0.25, 0.3) is 0 Å². The number of aromatic nitrogens is 1. The molecule has 0 saturated carbocycles. The Balaban J connectivity index is 2.40. The average Bonchev–Trinajstić information content (AvgIpc) is 2.76. The minimum absolute atomic E-state index is 0.0131. The smallest absolute Gasteiger partial charge is 0.163 e. The van der Waals surface area contributed by atoms with Gasteiger partial charge < -0.3 is 4.74 Å². The van der Waals surface area contributed by atoms with Gasteiger partial charge in [0.1, 0.15) is 5.75 Å². The second kappa shape index (κ2) is 5.75. The number of aryl methyl sites for hydroxylation is 2. The van der Waals surface area contributed by atoms with E-state index in [1.807, 2.05) is 32.2 Å². The van der Waals surface area contributed by atoms with Crippen LogP contribution in [-0.2, 0) is 0 Å². The molecule has 0 bridgehead atoms. The molecule has 100 valence electrons. The molecule has 0 fully saturated rings. The number of hydrogen-bond acceptors (Lipinski definition) is 5. The number of ether oxygens (including phenoxy) is 1. The predicted octanol–water partition coefficient (Wildman–Crippen LogP) is 4.12. The third-order valence-electron chi connectivity index (χ3n) is 2.69. The molecule has 2 aromatic rings. The molecule has 5 heteroatoms. The highest BCUT2D eigenvalue weighted by molar-refractivity contribution is 8.01. The van der Waals surface area contributed by atoms with Crippen LogP contribution >= 0.6 is 23.1 Å². The molecule has 2 rings (SSSR count). The highest BCUT2D eigenvalue weighted by atomic mass is 32.2. The Labute approximate surface area is 121 Å². The van der Waals surface area contributed by atoms with Gasteiger partial charge in [0.2, 0.25) is 0 Å². The highest BCUT2D eigenvalue weighted by Crippen LogP contribution is 2.36. The van der Waals surface area contributed by atoms with Crippen LogP contribution in [0.3, 0.4) is 0 Å². The van der Waals surface area contributed by atoms with Crippen molar-refractivity contribution in [1.29, 1.82) is 0 Å². The van der Waals surface area contributed by atoms with Crippen molar-refractivity contribution < 1.29 is 9.53 Å². The van der Waals surface area contributed by atoms with Crippen LogP contribution in [0, 0.1) is 13.8 Å². The lowest BCUT2D eigenvalue weighted by Gasteiger charge is -2.11. The van der Waals surface area contributed by atoms with Gasteiger partial charge >= 0.3 is 0 Å². The third kappa shape index (κ3) is 3.16. The van der Waals surface area contributed by atoms with Gasteiger partial charge in [-0.3, -0.25) is 4.79 Å². The second-order valence-corrected chi connectivity index (χ2v) is 6.75. The fourth-order valence-electron chi connectivity index (χ4n) is 1.71. The molecule has 0 aliphatic rings. The number of rotatable bonds is 4. The number of Topliss-reactive ketones (excluding diaryl/α,β-unsaturated/α-hetero) is 1. The molecular formula is C14H15NO2S2. The van der Waals surface area contributed by atoms with Crippen LogP contribution < -0.4 is 4.74 Å². The van der Waals surface area contributed by atoms with E-state index in [-0.39, 0.29) is 5.78 Å². The Hall–Kier alpha value is -1.33. The summed E-state index contributed by atoms with van der Waals surface area (Å²) in [5.41, 5.74) is 1.72. The van der Waals surface area contributed by atoms with E-state index in [1.54, 1.807) is 37.1 Å². The second-order valence-electron chi connectivity index (χ2n) is 4.17. The molecule has 19 heavy (non-hydrogen) atoms. The van der Waals surface area contributed by atoms with Crippen LogP contribution in [0.2, 0.25) is 0 Å². The maximum Gasteiger partial charge on any atom is 0.163 e. The molecule has 0 spiro atoms. The minimum atomic E-state index is 0.0131. The predicted molar refractivity (Wildman–Crippen MR) is 78.7 cm³/mol. The molecule has 1 aromatic carbocycles. The number of carbonyl (C=O) groups is 1. The van der Waals surface area contributed by atoms with E-state index >= 15 is 0 Å². The van der Waals surface area contributed by atoms with Gasteiger partial charge in [-0.1, -0.05) is 11.8 Å². The first-order valence-corrected chi connectivity index (χ1v) is 7.44.